The number of hydrogen-bond donors (Lipinski definition) is 0. The molecule has 1 fully saturated rings. The largest absolute Gasteiger partial charge is 0.294 e. The molecule has 0 bridgehead atoms. The average molecular weight is 262 g/mol. The van der Waals surface area contributed by atoms with Crippen molar-refractivity contribution in [2.24, 2.45) is 0 Å². The fraction of sp³-hybridized carbons (Fsp3) is 0.231. The molecule has 0 saturated carbocycles. The Hall–Kier alpha value is -1.59. The molecule has 0 spiro atoms. The van der Waals surface area contributed by atoms with Gasteiger partial charge < -0.3 is 0 Å². The third-order valence-electron chi connectivity index (χ3n) is 2.40. The predicted molar refractivity (Wildman–Crippen MR) is 72.8 cm³/mol. The van der Waals surface area contributed by atoms with E-state index in [1.54, 1.807) is 11.0 Å². The van der Waals surface area contributed by atoms with E-state index >= 15 is 0 Å². The van der Waals surface area contributed by atoms with Crippen LogP contribution < -0.4 is 0 Å². The Morgan fingerprint density at radius 3 is 2.50 bits per heavy atom. The van der Waals surface area contributed by atoms with Crippen LogP contribution in [0, 0.1) is 0 Å². The zero-order valence-electron chi connectivity index (χ0n) is 10.3. The van der Waals surface area contributed by atoms with Crippen molar-refractivity contribution in [3.63, 3.8) is 0 Å². The van der Waals surface area contributed by atoms with Gasteiger partial charge in [0.15, 0.2) is 0 Å². The number of carbonyl (C=O) groups excluding carboxylic acids is 2. The van der Waals surface area contributed by atoms with Gasteiger partial charge in [0.2, 0.25) is 0 Å². The van der Waals surface area contributed by atoms with Crippen molar-refractivity contribution in [2.45, 2.75) is 0 Å². The average Bonchev–Trinajstić information content (AvgIpc) is 2.58. The minimum atomic E-state index is -0.220. The van der Waals surface area contributed by atoms with Crippen LogP contribution >= 0.6 is 11.8 Å². The second-order valence-corrected chi connectivity index (χ2v) is 5.23. The standard InChI is InChI=1S/C13H14N2O2S/c1-14(2)9-15-12(16)11(18-13(15)17)8-10-6-4-3-5-7-10/h3-8H,9H2,1-2H3/b11-8-. The van der Waals surface area contributed by atoms with E-state index in [0.29, 0.717) is 11.6 Å². The molecular formula is C13H14N2O2S. The molecule has 0 radical (unpaired) electrons. The lowest BCUT2D eigenvalue weighted by Crippen LogP contribution is -2.36. The zero-order chi connectivity index (χ0) is 13.1. The van der Waals surface area contributed by atoms with Crippen molar-refractivity contribution in [3.8, 4) is 0 Å². The molecule has 0 aromatic heterocycles. The van der Waals surface area contributed by atoms with Crippen molar-refractivity contribution in [1.29, 1.82) is 0 Å². The first kappa shape index (κ1) is 12.9. The van der Waals surface area contributed by atoms with Crippen molar-refractivity contribution in [2.75, 3.05) is 20.8 Å². The van der Waals surface area contributed by atoms with Crippen LogP contribution in [0.25, 0.3) is 6.08 Å². The molecule has 1 aliphatic heterocycles. The van der Waals surface area contributed by atoms with Crippen LogP contribution in [0.5, 0.6) is 0 Å². The zero-order valence-corrected chi connectivity index (χ0v) is 11.1. The number of nitrogens with zero attached hydrogens (tertiary/aromatic N) is 2. The number of rotatable bonds is 3. The Labute approximate surface area is 110 Å². The normalized spacial score (nSPS) is 18.2. The highest BCUT2D eigenvalue weighted by Crippen LogP contribution is 2.31. The van der Waals surface area contributed by atoms with E-state index in [-0.39, 0.29) is 11.1 Å². The van der Waals surface area contributed by atoms with Gasteiger partial charge in [0, 0.05) is 0 Å². The highest BCUT2D eigenvalue weighted by molar-refractivity contribution is 8.18. The van der Waals surface area contributed by atoms with Gasteiger partial charge in [-0.1, -0.05) is 30.3 Å². The third-order valence-corrected chi connectivity index (χ3v) is 3.30. The number of benzene rings is 1. The molecule has 0 atom stereocenters. The lowest BCUT2D eigenvalue weighted by atomic mass is 10.2. The van der Waals surface area contributed by atoms with Gasteiger partial charge >= 0.3 is 0 Å². The van der Waals surface area contributed by atoms with Crippen LogP contribution in [-0.4, -0.2) is 41.7 Å². The topological polar surface area (TPSA) is 40.6 Å². The Morgan fingerprint density at radius 1 is 1.22 bits per heavy atom. The maximum atomic E-state index is 12.0. The maximum absolute atomic E-state index is 12.0. The SMILES string of the molecule is CN(C)CN1C(=O)S/C(=C\c2ccccc2)C1=O. The lowest BCUT2D eigenvalue weighted by molar-refractivity contribution is -0.123. The van der Waals surface area contributed by atoms with Crippen LogP contribution in [-0.2, 0) is 4.79 Å². The number of amides is 2. The molecule has 0 unspecified atom stereocenters. The van der Waals surface area contributed by atoms with Crippen molar-refractivity contribution in [1.82, 2.24) is 9.80 Å². The summed E-state index contributed by atoms with van der Waals surface area (Å²) >= 11 is 0.990. The maximum Gasteiger partial charge on any atom is 0.294 e. The Morgan fingerprint density at radius 2 is 1.89 bits per heavy atom. The Bertz CT molecular complexity index is 497. The summed E-state index contributed by atoms with van der Waals surface area (Å²) in [6, 6.07) is 9.51. The number of thioether (sulfide) groups is 1. The summed E-state index contributed by atoms with van der Waals surface area (Å²) in [4.78, 5) is 27.3. The lowest BCUT2D eigenvalue weighted by Gasteiger charge is -2.17. The van der Waals surface area contributed by atoms with Gasteiger partial charge in [-0.15, -0.1) is 0 Å². The fourth-order valence-electron chi connectivity index (χ4n) is 1.61. The van der Waals surface area contributed by atoms with Crippen molar-refractivity contribution in [3.05, 3.63) is 40.8 Å². The van der Waals surface area contributed by atoms with E-state index in [1.807, 2.05) is 44.4 Å². The van der Waals surface area contributed by atoms with Crippen LogP contribution in [0.2, 0.25) is 0 Å². The molecule has 1 aromatic rings. The number of hydrogen-bond acceptors (Lipinski definition) is 4. The first-order valence-corrected chi connectivity index (χ1v) is 6.35. The second-order valence-electron chi connectivity index (χ2n) is 4.24. The molecule has 94 valence electrons. The van der Waals surface area contributed by atoms with Gasteiger partial charge in [-0.05, 0) is 37.5 Å². The molecule has 0 N–H and O–H groups in total. The summed E-state index contributed by atoms with van der Waals surface area (Å²) < 4.78 is 0. The summed E-state index contributed by atoms with van der Waals surface area (Å²) in [5, 5.41) is -0.212. The minimum absolute atomic E-state index is 0.212. The van der Waals surface area contributed by atoms with Crippen molar-refractivity contribution >= 4 is 29.0 Å². The molecule has 1 heterocycles. The third kappa shape index (κ3) is 2.80. The predicted octanol–water partition coefficient (Wildman–Crippen LogP) is 2.24. The molecule has 1 saturated heterocycles. The molecule has 4 nitrogen and oxygen atoms in total. The molecule has 18 heavy (non-hydrogen) atoms. The van der Waals surface area contributed by atoms with Gasteiger partial charge in [0.25, 0.3) is 11.1 Å². The van der Waals surface area contributed by atoms with Gasteiger partial charge in [0.05, 0.1) is 11.6 Å². The monoisotopic (exact) mass is 262 g/mol. The summed E-state index contributed by atoms with van der Waals surface area (Å²) in [5.41, 5.74) is 0.924. The first-order valence-electron chi connectivity index (χ1n) is 5.53. The van der Waals surface area contributed by atoms with Crippen molar-refractivity contribution < 1.29 is 9.59 Å². The number of carbonyl (C=O) groups is 2. The highest BCUT2D eigenvalue weighted by Gasteiger charge is 2.34. The molecular weight excluding hydrogens is 248 g/mol. The van der Waals surface area contributed by atoms with Gasteiger partial charge in [-0.25, -0.2) is 0 Å². The van der Waals surface area contributed by atoms with E-state index < -0.39 is 0 Å². The van der Waals surface area contributed by atoms with E-state index in [9.17, 15) is 9.59 Å². The van der Waals surface area contributed by atoms with E-state index in [2.05, 4.69) is 0 Å². The van der Waals surface area contributed by atoms with Crippen LogP contribution in [0.4, 0.5) is 4.79 Å². The van der Waals surface area contributed by atoms with Gasteiger partial charge in [-0.3, -0.25) is 19.4 Å². The molecule has 1 aliphatic rings. The molecule has 5 heteroatoms. The quantitative estimate of drug-likeness (QED) is 0.783. The Balaban J connectivity index is 2.20. The molecule has 2 rings (SSSR count). The second kappa shape index (κ2) is 5.37. The Kier molecular flexibility index (Phi) is 3.84. The molecule has 0 aliphatic carbocycles. The van der Waals surface area contributed by atoms with Crippen LogP contribution in [0.1, 0.15) is 5.56 Å². The van der Waals surface area contributed by atoms with E-state index in [4.69, 9.17) is 0 Å². The summed E-state index contributed by atoms with van der Waals surface area (Å²) in [5.74, 6) is -0.220. The summed E-state index contributed by atoms with van der Waals surface area (Å²) in [7, 11) is 3.65. The summed E-state index contributed by atoms with van der Waals surface area (Å²) in [6.45, 7) is 0.316. The smallest absolute Gasteiger partial charge is 0.292 e. The number of imide groups is 1. The first-order chi connectivity index (χ1) is 8.58. The van der Waals surface area contributed by atoms with E-state index in [1.165, 1.54) is 4.90 Å². The summed E-state index contributed by atoms with van der Waals surface area (Å²) in [6.07, 6.45) is 1.75. The fourth-order valence-corrected chi connectivity index (χ4v) is 2.44. The van der Waals surface area contributed by atoms with Crippen LogP contribution in [0.3, 0.4) is 0 Å². The molecule has 2 amide bonds. The molecule has 1 aromatic carbocycles. The van der Waals surface area contributed by atoms with Gasteiger partial charge in [0.1, 0.15) is 0 Å². The minimum Gasteiger partial charge on any atom is -0.292 e. The van der Waals surface area contributed by atoms with Crippen LogP contribution in [0.15, 0.2) is 35.2 Å². The highest BCUT2D eigenvalue weighted by atomic mass is 32.2. The van der Waals surface area contributed by atoms with Gasteiger partial charge in [-0.2, -0.15) is 0 Å². The van der Waals surface area contributed by atoms with E-state index in [0.717, 1.165) is 17.3 Å².